The number of fused-ring (bicyclic) bond motifs is 6. The number of ether oxygens (including phenoxy) is 1. The van der Waals surface area contributed by atoms with Crippen LogP contribution in [0.15, 0.2) is 83.8 Å². The zero-order chi connectivity index (χ0) is 23.0. The molecule has 164 valence electrons. The second-order valence-electron chi connectivity index (χ2n) is 7.45. The second-order valence-corrected chi connectivity index (χ2v) is 9.13. The Labute approximate surface area is 190 Å². The van der Waals surface area contributed by atoms with Crippen molar-refractivity contribution in [2.24, 2.45) is 0 Å². The Morgan fingerprint density at radius 3 is 2.55 bits per heavy atom. The topological polar surface area (TPSA) is 110 Å². The van der Waals surface area contributed by atoms with E-state index in [4.69, 9.17) is 4.74 Å². The lowest BCUT2D eigenvalue weighted by molar-refractivity contribution is 0.102. The van der Waals surface area contributed by atoms with E-state index in [2.05, 4.69) is 20.0 Å². The van der Waals surface area contributed by atoms with Crippen LogP contribution in [0, 0.1) is 6.92 Å². The Bertz CT molecular complexity index is 1500. The third kappa shape index (κ3) is 4.26. The smallest absolute Gasteiger partial charge is 0.264 e. The molecule has 4 aromatic rings. The number of anilines is 2. The van der Waals surface area contributed by atoms with Crippen molar-refractivity contribution in [2.75, 3.05) is 10.0 Å². The summed E-state index contributed by atoms with van der Waals surface area (Å²) in [6, 6.07) is 21.8. The molecule has 6 bridgehead atoms. The number of aromatic nitrogens is 2. The summed E-state index contributed by atoms with van der Waals surface area (Å²) in [7, 11) is -4.04. The van der Waals surface area contributed by atoms with E-state index in [-0.39, 0.29) is 16.7 Å². The van der Waals surface area contributed by atoms with Crippen LogP contribution in [-0.2, 0) is 10.0 Å². The van der Waals surface area contributed by atoms with Gasteiger partial charge in [-0.15, -0.1) is 0 Å². The van der Waals surface area contributed by atoms with Gasteiger partial charge in [-0.1, -0.05) is 36.4 Å². The van der Waals surface area contributed by atoms with Crippen LogP contribution in [0.3, 0.4) is 0 Å². The minimum absolute atomic E-state index is 0.0431. The van der Waals surface area contributed by atoms with Gasteiger partial charge in [-0.05, 0) is 48.9 Å². The lowest BCUT2D eigenvalue weighted by Crippen LogP contribution is -2.17. The van der Waals surface area contributed by atoms with E-state index in [0.29, 0.717) is 22.7 Å². The van der Waals surface area contributed by atoms with Gasteiger partial charge in [0.15, 0.2) is 0 Å². The number of aryl methyl sites for hydroxylation is 1. The van der Waals surface area contributed by atoms with Crippen molar-refractivity contribution >= 4 is 27.6 Å². The summed E-state index contributed by atoms with van der Waals surface area (Å²) in [4.78, 5) is 21.4. The van der Waals surface area contributed by atoms with E-state index in [1.54, 1.807) is 42.5 Å². The summed E-state index contributed by atoms with van der Waals surface area (Å²) in [6.07, 6.45) is 0. The highest BCUT2D eigenvalue weighted by Crippen LogP contribution is 2.30. The molecule has 5 rings (SSSR count). The largest absolute Gasteiger partial charge is 0.439 e. The van der Waals surface area contributed by atoms with Crippen molar-refractivity contribution in [3.8, 4) is 22.9 Å². The van der Waals surface area contributed by atoms with Crippen molar-refractivity contribution in [2.45, 2.75) is 11.8 Å². The summed E-state index contributed by atoms with van der Waals surface area (Å²) in [5, 5.41) is 2.71. The summed E-state index contributed by atoms with van der Waals surface area (Å²) in [5.74, 6) is -0.0292. The number of nitrogens with zero attached hydrogens (tertiary/aromatic N) is 2. The van der Waals surface area contributed by atoms with Gasteiger partial charge in [-0.3, -0.25) is 4.79 Å². The van der Waals surface area contributed by atoms with Gasteiger partial charge >= 0.3 is 0 Å². The predicted octanol–water partition coefficient (Wildman–Crippen LogP) is 4.61. The lowest BCUT2D eigenvalue weighted by Gasteiger charge is -2.14. The molecule has 1 amide bonds. The van der Waals surface area contributed by atoms with E-state index in [1.165, 1.54) is 12.1 Å². The molecule has 1 aromatic heterocycles. The maximum absolute atomic E-state index is 13.1. The monoisotopic (exact) mass is 458 g/mol. The first-order chi connectivity index (χ1) is 15.9. The molecule has 0 saturated heterocycles. The molecule has 3 aromatic carbocycles. The van der Waals surface area contributed by atoms with E-state index >= 15 is 0 Å². The summed E-state index contributed by atoms with van der Waals surface area (Å²) >= 11 is 0. The van der Waals surface area contributed by atoms with Crippen molar-refractivity contribution in [1.29, 1.82) is 0 Å². The fraction of sp³-hybridized carbons (Fsp3) is 0.0417. The number of carbonyl (C=O) groups is 1. The van der Waals surface area contributed by atoms with Gasteiger partial charge in [0.25, 0.3) is 15.9 Å². The first kappa shape index (κ1) is 20.7. The molecule has 33 heavy (non-hydrogen) atoms. The summed E-state index contributed by atoms with van der Waals surface area (Å²) < 4.78 is 34.4. The molecule has 2 heterocycles. The number of benzene rings is 3. The van der Waals surface area contributed by atoms with Crippen LogP contribution >= 0.6 is 0 Å². The number of carbonyl (C=O) groups excluding carboxylic acids is 1. The maximum Gasteiger partial charge on any atom is 0.264 e. The minimum atomic E-state index is -4.04. The Kier molecular flexibility index (Phi) is 5.02. The second kappa shape index (κ2) is 8.03. The molecule has 0 unspecified atom stereocenters. The van der Waals surface area contributed by atoms with E-state index < -0.39 is 15.9 Å². The Hall–Kier alpha value is -4.24. The highest BCUT2D eigenvalue weighted by molar-refractivity contribution is 7.92. The molecular weight excluding hydrogens is 440 g/mol. The van der Waals surface area contributed by atoms with Gasteiger partial charge in [-0.2, -0.15) is 4.98 Å². The van der Waals surface area contributed by atoms with Crippen molar-refractivity contribution in [1.82, 2.24) is 9.97 Å². The molecule has 2 N–H and O–H groups in total. The minimum Gasteiger partial charge on any atom is -0.439 e. The van der Waals surface area contributed by atoms with Crippen molar-refractivity contribution in [3.63, 3.8) is 0 Å². The Balaban J connectivity index is 1.71. The van der Waals surface area contributed by atoms with Crippen LogP contribution in [0.5, 0.6) is 11.6 Å². The number of hydrogen-bond acceptors (Lipinski definition) is 6. The summed E-state index contributed by atoms with van der Waals surface area (Å²) in [6.45, 7) is 1.93. The van der Waals surface area contributed by atoms with Crippen LogP contribution < -0.4 is 14.8 Å². The number of amides is 1. The number of nitrogens with one attached hydrogen (secondary N) is 2. The van der Waals surface area contributed by atoms with Gasteiger partial charge < -0.3 is 10.1 Å². The highest BCUT2D eigenvalue weighted by Gasteiger charge is 2.20. The predicted molar refractivity (Wildman–Crippen MR) is 124 cm³/mol. The van der Waals surface area contributed by atoms with Gasteiger partial charge in [0, 0.05) is 22.9 Å². The van der Waals surface area contributed by atoms with Crippen molar-refractivity contribution < 1.29 is 17.9 Å². The molecule has 0 fully saturated rings. The molecule has 1 aliphatic rings. The van der Waals surface area contributed by atoms with E-state index in [9.17, 15) is 13.2 Å². The normalized spacial score (nSPS) is 14.3. The van der Waals surface area contributed by atoms with Crippen LogP contribution in [0.1, 0.15) is 15.9 Å². The van der Waals surface area contributed by atoms with Gasteiger partial charge in [0.05, 0.1) is 10.6 Å². The van der Waals surface area contributed by atoms with Crippen LogP contribution in [0.25, 0.3) is 11.3 Å². The average Bonchev–Trinajstić information content (AvgIpc) is 2.79. The third-order valence-electron chi connectivity index (χ3n) is 5.07. The van der Waals surface area contributed by atoms with Gasteiger partial charge in [0.2, 0.25) is 11.8 Å². The molecule has 0 spiro atoms. The molecule has 9 heteroatoms. The number of sulfonamides is 1. The standard InChI is InChI=1S/C24H18N4O4S/c1-15-6-2-3-11-20(15)21-14-22-27-24(26-21)28-33(30,31)19-10-5-8-17(13-19)25-23(29)16-7-4-9-18(12-16)32-22/h2-14H,1H3,(H,25,29)(H,26,27,28). The Morgan fingerprint density at radius 2 is 1.70 bits per heavy atom. The quantitative estimate of drug-likeness (QED) is 0.431. The van der Waals surface area contributed by atoms with E-state index in [0.717, 1.165) is 11.1 Å². The zero-order valence-corrected chi connectivity index (χ0v) is 18.3. The zero-order valence-electron chi connectivity index (χ0n) is 17.4. The molecule has 0 radical (unpaired) electrons. The summed E-state index contributed by atoms with van der Waals surface area (Å²) in [5.41, 5.74) is 2.94. The average molecular weight is 458 g/mol. The van der Waals surface area contributed by atoms with Crippen LogP contribution in [0.4, 0.5) is 11.6 Å². The lowest BCUT2D eigenvalue weighted by atomic mass is 10.1. The number of rotatable bonds is 1. The fourth-order valence-electron chi connectivity index (χ4n) is 3.47. The third-order valence-corrected chi connectivity index (χ3v) is 6.40. The van der Waals surface area contributed by atoms with Crippen LogP contribution in [0.2, 0.25) is 0 Å². The molecule has 0 atom stereocenters. The highest BCUT2D eigenvalue weighted by atomic mass is 32.2. The molecular formula is C24H18N4O4S. The van der Waals surface area contributed by atoms with Gasteiger partial charge in [-0.25, -0.2) is 18.1 Å². The molecule has 0 aliphatic carbocycles. The number of hydrogen-bond donors (Lipinski definition) is 2. The Morgan fingerprint density at radius 1 is 0.879 bits per heavy atom. The molecule has 0 saturated carbocycles. The van der Waals surface area contributed by atoms with E-state index in [1.807, 2.05) is 31.2 Å². The van der Waals surface area contributed by atoms with Crippen LogP contribution in [-0.4, -0.2) is 24.3 Å². The SMILES string of the molecule is Cc1ccccc1-c1cc2nc(n1)NS(=O)(=O)c1cccc(c1)NC(=O)c1cccc(c1)O2. The fourth-order valence-corrected chi connectivity index (χ4v) is 4.46. The van der Waals surface area contributed by atoms with Crippen molar-refractivity contribution in [3.05, 3.63) is 90.0 Å². The maximum atomic E-state index is 13.1. The first-order valence-electron chi connectivity index (χ1n) is 10.0. The molecule has 8 nitrogen and oxygen atoms in total. The molecule has 1 aliphatic heterocycles. The first-order valence-corrected chi connectivity index (χ1v) is 11.5. The van der Waals surface area contributed by atoms with Gasteiger partial charge in [0.1, 0.15) is 5.75 Å².